The monoisotopic (exact) mass is 485 g/mol. The highest BCUT2D eigenvalue weighted by molar-refractivity contribution is 5.85. The standard InChI is InChI=1S/C25H27N5O.2ClH/c1-17-11-21(20-7-5-4-6-8-20)25-27-24(28-30(25)14-17)13-19-9-10-22(23(12-19)31-3)29-15-18(2)26-16-29;;/h7,9-12,14-16H,4-6,8,13H2,1-3H3;2*1H. The van der Waals surface area contributed by atoms with Crippen LogP contribution in [0, 0.1) is 13.8 Å². The Morgan fingerprint density at radius 2 is 1.91 bits per heavy atom. The lowest BCUT2D eigenvalue weighted by Gasteiger charge is -2.13. The molecule has 0 fully saturated rings. The van der Waals surface area contributed by atoms with Crippen molar-refractivity contribution in [3.8, 4) is 11.4 Å². The highest BCUT2D eigenvalue weighted by atomic mass is 35.5. The second-order valence-corrected chi connectivity index (χ2v) is 8.31. The number of ether oxygens (including phenoxy) is 1. The predicted octanol–water partition coefficient (Wildman–Crippen LogP) is 5.93. The van der Waals surface area contributed by atoms with E-state index in [4.69, 9.17) is 14.8 Å². The fourth-order valence-corrected chi connectivity index (χ4v) is 4.34. The highest BCUT2D eigenvalue weighted by Gasteiger charge is 2.15. The second-order valence-electron chi connectivity index (χ2n) is 8.31. The van der Waals surface area contributed by atoms with Gasteiger partial charge < -0.3 is 9.30 Å². The molecule has 1 aliphatic carbocycles. The van der Waals surface area contributed by atoms with Crippen LogP contribution in [0.5, 0.6) is 5.75 Å². The fraction of sp³-hybridized carbons (Fsp3) is 0.320. The van der Waals surface area contributed by atoms with Crippen LogP contribution in [0.1, 0.15) is 53.9 Å². The minimum absolute atomic E-state index is 0. The first-order valence-corrected chi connectivity index (χ1v) is 10.8. The van der Waals surface area contributed by atoms with Crippen molar-refractivity contribution in [2.45, 2.75) is 46.0 Å². The van der Waals surface area contributed by atoms with Gasteiger partial charge >= 0.3 is 0 Å². The average molecular weight is 486 g/mol. The summed E-state index contributed by atoms with van der Waals surface area (Å²) in [4.78, 5) is 9.24. The number of hydrogen-bond acceptors (Lipinski definition) is 4. The van der Waals surface area contributed by atoms with Gasteiger partial charge in [0.25, 0.3) is 0 Å². The highest BCUT2D eigenvalue weighted by Crippen LogP contribution is 2.30. The Morgan fingerprint density at radius 3 is 2.61 bits per heavy atom. The number of fused-ring (bicyclic) bond motifs is 1. The van der Waals surface area contributed by atoms with Crippen LogP contribution in [0.4, 0.5) is 0 Å². The van der Waals surface area contributed by atoms with E-state index in [2.05, 4.69) is 48.4 Å². The summed E-state index contributed by atoms with van der Waals surface area (Å²) < 4.78 is 9.58. The topological polar surface area (TPSA) is 57.2 Å². The summed E-state index contributed by atoms with van der Waals surface area (Å²) in [6.07, 6.45) is 13.7. The van der Waals surface area contributed by atoms with Gasteiger partial charge in [0.15, 0.2) is 11.5 Å². The average Bonchev–Trinajstić information content (AvgIpc) is 3.39. The molecule has 6 nitrogen and oxygen atoms in total. The second kappa shape index (κ2) is 10.4. The van der Waals surface area contributed by atoms with E-state index in [1.165, 1.54) is 29.5 Å². The third-order valence-electron chi connectivity index (χ3n) is 5.85. The Morgan fingerprint density at radius 1 is 1.06 bits per heavy atom. The number of imidazole rings is 1. The molecule has 33 heavy (non-hydrogen) atoms. The molecule has 0 radical (unpaired) electrons. The van der Waals surface area contributed by atoms with Crippen LogP contribution in [0.3, 0.4) is 0 Å². The summed E-state index contributed by atoms with van der Waals surface area (Å²) in [6.45, 7) is 4.10. The van der Waals surface area contributed by atoms with Crippen LogP contribution in [0.25, 0.3) is 16.9 Å². The molecule has 1 aliphatic rings. The van der Waals surface area contributed by atoms with E-state index in [-0.39, 0.29) is 24.8 Å². The van der Waals surface area contributed by atoms with Crippen LogP contribution >= 0.6 is 24.8 Å². The van der Waals surface area contributed by atoms with Crippen molar-refractivity contribution in [2.75, 3.05) is 7.11 Å². The quantitative estimate of drug-likeness (QED) is 0.351. The Labute approximate surface area is 206 Å². The number of halogens is 2. The van der Waals surface area contributed by atoms with E-state index in [9.17, 15) is 0 Å². The summed E-state index contributed by atoms with van der Waals surface area (Å²) in [5.41, 5.74) is 7.83. The van der Waals surface area contributed by atoms with Crippen molar-refractivity contribution in [3.05, 3.63) is 77.3 Å². The van der Waals surface area contributed by atoms with Gasteiger partial charge in [0.05, 0.1) is 24.8 Å². The van der Waals surface area contributed by atoms with Gasteiger partial charge in [-0.15, -0.1) is 24.8 Å². The number of hydrogen-bond donors (Lipinski definition) is 0. The first-order valence-electron chi connectivity index (χ1n) is 10.8. The van der Waals surface area contributed by atoms with E-state index in [1.54, 1.807) is 13.4 Å². The smallest absolute Gasteiger partial charge is 0.163 e. The normalized spacial score (nSPS) is 13.2. The van der Waals surface area contributed by atoms with Gasteiger partial charge in [0, 0.05) is 24.4 Å². The molecule has 5 rings (SSSR count). The minimum Gasteiger partial charge on any atom is -0.495 e. The first-order chi connectivity index (χ1) is 15.1. The van der Waals surface area contributed by atoms with Crippen molar-refractivity contribution in [3.63, 3.8) is 0 Å². The van der Waals surface area contributed by atoms with Gasteiger partial charge in [0.1, 0.15) is 5.75 Å². The molecule has 1 aromatic carbocycles. The molecule has 8 heteroatoms. The molecule has 0 amide bonds. The number of nitrogens with zero attached hydrogens (tertiary/aromatic N) is 5. The fourth-order valence-electron chi connectivity index (χ4n) is 4.34. The Kier molecular flexibility index (Phi) is 7.82. The van der Waals surface area contributed by atoms with Crippen LogP contribution in [-0.2, 0) is 6.42 Å². The third kappa shape index (κ3) is 5.07. The lowest BCUT2D eigenvalue weighted by atomic mass is 9.94. The van der Waals surface area contributed by atoms with Crippen LogP contribution in [0.2, 0.25) is 0 Å². The zero-order valence-electron chi connectivity index (χ0n) is 19.1. The molecule has 0 bridgehead atoms. The molecule has 0 aliphatic heterocycles. The van der Waals surface area contributed by atoms with Gasteiger partial charge in [-0.1, -0.05) is 12.1 Å². The number of aromatic nitrogens is 5. The number of benzene rings is 1. The summed E-state index contributed by atoms with van der Waals surface area (Å²) in [6, 6.07) is 8.48. The molecule has 3 heterocycles. The molecule has 174 valence electrons. The third-order valence-corrected chi connectivity index (χ3v) is 5.85. The van der Waals surface area contributed by atoms with Gasteiger partial charge in [-0.25, -0.2) is 14.5 Å². The minimum atomic E-state index is 0. The molecule has 0 N–H and O–H groups in total. The van der Waals surface area contributed by atoms with Crippen molar-refractivity contribution >= 4 is 36.0 Å². The Bertz CT molecular complexity index is 1290. The van der Waals surface area contributed by atoms with E-state index < -0.39 is 0 Å². The molecule has 3 aromatic heterocycles. The summed E-state index contributed by atoms with van der Waals surface area (Å²) in [5.74, 6) is 1.62. The van der Waals surface area contributed by atoms with E-state index >= 15 is 0 Å². The van der Waals surface area contributed by atoms with Crippen molar-refractivity contribution < 1.29 is 4.74 Å². The lowest BCUT2D eigenvalue weighted by Crippen LogP contribution is -1.98. The SMILES string of the molecule is COc1cc(Cc2nc3c(C4=CCCCC4)cc(C)cn3n2)ccc1-n1cnc(C)c1.Cl.Cl. The Balaban J connectivity index is 0.00000153. The molecule has 4 aromatic rings. The summed E-state index contributed by atoms with van der Waals surface area (Å²) >= 11 is 0. The van der Waals surface area contributed by atoms with Gasteiger partial charge in [-0.05, 0) is 74.4 Å². The molecule has 0 spiro atoms. The van der Waals surface area contributed by atoms with Crippen molar-refractivity contribution in [2.24, 2.45) is 0 Å². The molecular weight excluding hydrogens is 457 g/mol. The van der Waals surface area contributed by atoms with Crippen molar-refractivity contribution in [1.82, 2.24) is 24.1 Å². The van der Waals surface area contributed by atoms with Gasteiger partial charge in [0.2, 0.25) is 0 Å². The number of aryl methyl sites for hydroxylation is 2. The molecule has 0 unspecified atom stereocenters. The van der Waals surface area contributed by atoms with Crippen LogP contribution < -0.4 is 4.74 Å². The Hall–Kier alpha value is -2.83. The zero-order chi connectivity index (χ0) is 21.4. The van der Waals surface area contributed by atoms with E-state index in [0.717, 1.165) is 47.0 Å². The molecule has 0 atom stereocenters. The lowest BCUT2D eigenvalue weighted by molar-refractivity contribution is 0.412. The summed E-state index contributed by atoms with van der Waals surface area (Å²) in [7, 11) is 1.70. The maximum atomic E-state index is 5.66. The van der Waals surface area contributed by atoms with Crippen molar-refractivity contribution in [1.29, 1.82) is 0 Å². The van der Waals surface area contributed by atoms with E-state index in [1.807, 2.05) is 22.2 Å². The molecule has 0 saturated heterocycles. The predicted molar refractivity (Wildman–Crippen MR) is 136 cm³/mol. The van der Waals surface area contributed by atoms with Crippen LogP contribution in [-0.4, -0.2) is 31.3 Å². The number of pyridine rings is 1. The molecular formula is C25H29Cl2N5O. The number of methoxy groups -OCH3 is 1. The number of allylic oxidation sites excluding steroid dienone is 2. The van der Waals surface area contributed by atoms with E-state index in [0.29, 0.717) is 6.42 Å². The zero-order valence-corrected chi connectivity index (χ0v) is 20.7. The summed E-state index contributed by atoms with van der Waals surface area (Å²) in [5, 5.41) is 4.79. The first kappa shape index (κ1) is 24.8. The maximum Gasteiger partial charge on any atom is 0.163 e. The van der Waals surface area contributed by atoms with Crippen LogP contribution in [0.15, 0.2) is 49.1 Å². The molecule has 0 saturated carbocycles. The maximum absolute atomic E-state index is 5.66. The number of rotatable bonds is 5. The largest absolute Gasteiger partial charge is 0.495 e. The van der Waals surface area contributed by atoms with Gasteiger partial charge in [-0.3, -0.25) is 0 Å². The van der Waals surface area contributed by atoms with Gasteiger partial charge in [-0.2, -0.15) is 5.10 Å².